The number of pyridine rings is 2. The van der Waals surface area contributed by atoms with Gasteiger partial charge in [0.15, 0.2) is 5.03 Å². The molecule has 2 N–H and O–H groups in total. The molecule has 0 fully saturated rings. The van der Waals surface area contributed by atoms with Gasteiger partial charge in [0.25, 0.3) is 15.9 Å². The maximum absolute atomic E-state index is 12.6. The fraction of sp³-hybridized carbons (Fsp3) is 0.250. The second kappa shape index (κ2) is 8.52. The zero-order chi connectivity index (χ0) is 20.9. The van der Waals surface area contributed by atoms with Crippen LogP contribution in [-0.2, 0) is 10.0 Å². The van der Waals surface area contributed by atoms with Crippen LogP contribution in [0.15, 0.2) is 35.5 Å². The molecule has 0 saturated carbocycles. The Balaban J connectivity index is 2.26. The zero-order valence-electron chi connectivity index (χ0n) is 15.6. The molecule has 3 amide bonds. The van der Waals surface area contributed by atoms with E-state index in [1.165, 1.54) is 63.7 Å². The Labute approximate surface area is 161 Å². The third kappa shape index (κ3) is 4.85. The van der Waals surface area contributed by atoms with Crippen molar-refractivity contribution in [1.82, 2.24) is 19.6 Å². The number of ether oxygens (including phenoxy) is 2. The quantitative estimate of drug-likeness (QED) is 0.711. The summed E-state index contributed by atoms with van der Waals surface area (Å²) in [4.78, 5) is 33.3. The Morgan fingerprint density at radius 1 is 1.14 bits per heavy atom. The van der Waals surface area contributed by atoms with E-state index in [9.17, 15) is 18.0 Å². The Morgan fingerprint density at radius 3 is 2.46 bits per heavy atom. The van der Waals surface area contributed by atoms with E-state index in [4.69, 9.17) is 9.47 Å². The molecular weight excluding hydrogens is 390 g/mol. The van der Waals surface area contributed by atoms with Crippen LogP contribution in [0.1, 0.15) is 10.4 Å². The van der Waals surface area contributed by atoms with Gasteiger partial charge in [0.2, 0.25) is 5.88 Å². The maximum atomic E-state index is 12.6. The molecule has 0 aliphatic rings. The molecule has 0 aliphatic heterocycles. The van der Waals surface area contributed by atoms with Gasteiger partial charge < -0.3 is 14.4 Å². The first-order chi connectivity index (χ1) is 13.2. The highest BCUT2D eigenvalue weighted by Gasteiger charge is 2.26. The SMILES string of the molecule is COc1cc(NC(=O)NS(=O)(=O)c2ncccc2C(=O)N(C)C)nc(OC)c1. The van der Waals surface area contributed by atoms with Gasteiger partial charge in [-0.1, -0.05) is 0 Å². The molecule has 0 bridgehead atoms. The van der Waals surface area contributed by atoms with Gasteiger partial charge in [0.05, 0.1) is 19.8 Å². The van der Waals surface area contributed by atoms with Crippen LogP contribution in [-0.4, -0.2) is 63.5 Å². The Bertz CT molecular complexity index is 971. The van der Waals surface area contributed by atoms with Crippen LogP contribution in [0.3, 0.4) is 0 Å². The summed E-state index contributed by atoms with van der Waals surface area (Å²) in [6.07, 6.45) is 1.20. The second-order valence-corrected chi connectivity index (χ2v) is 7.15. The smallest absolute Gasteiger partial charge is 0.334 e. The van der Waals surface area contributed by atoms with Crippen LogP contribution in [0.2, 0.25) is 0 Å². The molecule has 28 heavy (non-hydrogen) atoms. The second-order valence-electron chi connectivity index (χ2n) is 5.55. The van der Waals surface area contributed by atoms with E-state index in [-0.39, 0.29) is 17.3 Å². The van der Waals surface area contributed by atoms with E-state index < -0.39 is 27.0 Å². The highest BCUT2D eigenvalue weighted by atomic mass is 32.2. The summed E-state index contributed by atoms with van der Waals surface area (Å²) in [5, 5.41) is 1.70. The predicted molar refractivity (Wildman–Crippen MR) is 98.9 cm³/mol. The topological polar surface area (TPSA) is 140 Å². The lowest BCUT2D eigenvalue weighted by Crippen LogP contribution is -2.36. The van der Waals surface area contributed by atoms with Gasteiger partial charge >= 0.3 is 6.03 Å². The number of nitrogens with one attached hydrogen (secondary N) is 2. The van der Waals surface area contributed by atoms with E-state index in [0.717, 1.165) is 0 Å². The van der Waals surface area contributed by atoms with Gasteiger partial charge in [-0.25, -0.2) is 14.5 Å². The molecule has 0 saturated heterocycles. The lowest BCUT2D eigenvalue weighted by molar-refractivity contribution is 0.0823. The van der Waals surface area contributed by atoms with Crippen molar-refractivity contribution < 1.29 is 27.5 Å². The van der Waals surface area contributed by atoms with Crippen LogP contribution < -0.4 is 19.5 Å². The standard InChI is InChI=1S/C16H19N5O6S/c1-21(2)15(22)11-6-5-7-17-14(11)28(24,25)20-16(23)19-12-8-10(26-3)9-13(18-12)27-4/h5-9H,1-4H3,(H2,18,19,20,23). The molecule has 0 atom stereocenters. The fourth-order valence-electron chi connectivity index (χ4n) is 2.09. The van der Waals surface area contributed by atoms with Crippen molar-refractivity contribution in [2.45, 2.75) is 5.03 Å². The molecule has 2 heterocycles. The number of rotatable bonds is 6. The maximum Gasteiger partial charge on any atom is 0.334 e. The minimum atomic E-state index is -4.43. The van der Waals surface area contributed by atoms with Crippen molar-refractivity contribution in [1.29, 1.82) is 0 Å². The summed E-state index contributed by atoms with van der Waals surface area (Å²) in [6, 6.07) is 4.47. The minimum Gasteiger partial charge on any atom is -0.496 e. The summed E-state index contributed by atoms with van der Waals surface area (Å²) in [7, 11) is 1.29. The predicted octanol–water partition coefficient (Wildman–Crippen LogP) is 0.706. The van der Waals surface area contributed by atoms with Crippen molar-refractivity contribution in [3.63, 3.8) is 0 Å². The molecule has 0 unspecified atom stereocenters. The van der Waals surface area contributed by atoms with E-state index in [1.54, 1.807) is 4.72 Å². The molecule has 0 radical (unpaired) electrons. The number of carbonyl (C=O) groups excluding carboxylic acids is 2. The van der Waals surface area contributed by atoms with Gasteiger partial charge in [-0.2, -0.15) is 13.4 Å². The number of sulfonamides is 1. The first-order valence-electron chi connectivity index (χ1n) is 7.78. The van der Waals surface area contributed by atoms with Crippen LogP contribution in [0.4, 0.5) is 10.6 Å². The Hall–Kier alpha value is -3.41. The van der Waals surface area contributed by atoms with Crippen LogP contribution >= 0.6 is 0 Å². The van der Waals surface area contributed by atoms with Crippen LogP contribution in [0.5, 0.6) is 11.6 Å². The first kappa shape index (κ1) is 20.9. The number of hydrogen-bond donors (Lipinski definition) is 2. The van der Waals surface area contributed by atoms with Gasteiger partial charge in [0, 0.05) is 32.4 Å². The van der Waals surface area contributed by atoms with E-state index in [0.29, 0.717) is 5.75 Å². The molecule has 0 spiro atoms. The number of hydrogen-bond acceptors (Lipinski definition) is 8. The summed E-state index contributed by atoms with van der Waals surface area (Å²) in [5.41, 5.74) is -0.172. The summed E-state index contributed by atoms with van der Waals surface area (Å²) < 4.78 is 36.9. The third-order valence-corrected chi connectivity index (χ3v) is 4.64. The number of aromatic nitrogens is 2. The van der Waals surface area contributed by atoms with Gasteiger partial charge in [-0.05, 0) is 12.1 Å². The van der Waals surface area contributed by atoms with E-state index in [1.807, 2.05) is 0 Å². The van der Waals surface area contributed by atoms with Crippen molar-refractivity contribution in [2.24, 2.45) is 0 Å². The van der Waals surface area contributed by atoms with Gasteiger partial charge in [0.1, 0.15) is 11.6 Å². The molecular formula is C16H19N5O6S. The normalized spacial score (nSPS) is 10.7. The van der Waals surface area contributed by atoms with Crippen molar-refractivity contribution in [2.75, 3.05) is 33.6 Å². The summed E-state index contributed by atoms with van der Waals surface area (Å²) in [5.74, 6) is -0.0858. The number of carbonyl (C=O) groups is 2. The number of amides is 3. The molecule has 11 nitrogen and oxygen atoms in total. The molecule has 0 aromatic carbocycles. The lowest BCUT2D eigenvalue weighted by atomic mass is 10.2. The van der Waals surface area contributed by atoms with Crippen LogP contribution in [0.25, 0.3) is 0 Å². The molecule has 2 aromatic rings. The van der Waals surface area contributed by atoms with Crippen molar-refractivity contribution in [3.05, 3.63) is 36.0 Å². The summed E-state index contributed by atoms with van der Waals surface area (Å²) in [6.45, 7) is 0. The Kier molecular flexibility index (Phi) is 6.36. The number of anilines is 1. The first-order valence-corrected chi connectivity index (χ1v) is 9.26. The molecule has 12 heteroatoms. The summed E-state index contributed by atoms with van der Waals surface area (Å²) >= 11 is 0. The number of nitrogens with zero attached hydrogens (tertiary/aromatic N) is 3. The van der Waals surface area contributed by atoms with Gasteiger partial charge in [-0.15, -0.1) is 0 Å². The average molecular weight is 409 g/mol. The molecule has 150 valence electrons. The Morgan fingerprint density at radius 2 is 1.86 bits per heavy atom. The molecule has 0 aliphatic carbocycles. The highest BCUT2D eigenvalue weighted by Crippen LogP contribution is 2.22. The lowest BCUT2D eigenvalue weighted by Gasteiger charge is -2.14. The number of urea groups is 1. The van der Waals surface area contributed by atoms with Crippen LogP contribution in [0, 0.1) is 0 Å². The zero-order valence-corrected chi connectivity index (χ0v) is 16.4. The van der Waals surface area contributed by atoms with E-state index in [2.05, 4.69) is 15.3 Å². The van der Waals surface area contributed by atoms with Crippen molar-refractivity contribution in [3.8, 4) is 11.6 Å². The van der Waals surface area contributed by atoms with Gasteiger partial charge in [-0.3, -0.25) is 10.1 Å². The van der Waals surface area contributed by atoms with E-state index >= 15 is 0 Å². The average Bonchev–Trinajstić information content (AvgIpc) is 2.66. The minimum absolute atomic E-state index is 0.00508. The number of methoxy groups -OCH3 is 2. The monoisotopic (exact) mass is 409 g/mol. The largest absolute Gasteiger partial charge is 0.496 e. The molecule has 2 aromatic heterocycles. The fourth-order valence-corrected chi connectivity index (χ4v) is 3.12. The molecule has 2 rings (SSSR count). The third-order valence-electron chi connectivity index (χ3n) is 3.35. The van der Waals surface area contributed by atoms with Crippen molar-refractivity contribution >= 4 is 27.8 Å². The highest BCUT2D eigenvalue weighted by molar-refractivity contribution is 7.90.